The van der Waals surface area contributed by atoms with Crippen LogP contribution in [-0.2, 0) is 0 Å². The van der Waals surface area contributed by atoms with Gasteiger partial charge >= 0.3 is 0 Å². The van der Waals surface area contributed by atoms with Crippen molar-refractivity contribution in [3.8, 4) is 10.8 Å². The van der Waals surface area contributed by atoms with E-state index in [4.69, 9.17) is 4.52 Å². The van der Waals surface area contributed by atoms with E-state index in [0.29, 0.717) is 33.8 Å². The Morgan fingerprint density at radius 3 is 2.92 bits per heavy atom. The molecule has 1 amide bonds. The molecule has 1 aliphatic rings. The second-order valence-electron chi connectivity index (χ2n) is 6.11. The third-order valence-corrected chi connectivity index (χ3v) is 5.06. The van der Waals surface area contributed by atoms with Crippen molar-refractivity contribution in [3.63, 3.8) is 0 Å². The Labute approximate surface area is 152 Å². The molecule has 26 heavy (non-hydrogen) atoms. The zero-order chi connectivity index (χ0) is 18.3. The summed E-state index contributed by atoms with van der Waals surface area (Å²) >= 11 is 1.38. The van der Waals surface area contributed by atoms with E-state index < -0.39 is 10.8 Å². The van der Waals surface area contributed by atoms with Crippen molar-refractivity contribution in [3.05, 3.63) is 56.7 Å². The second-order valence-corrected chi connectivity index (χ2v) is 7.02. The van der Waals surface area contributed by atoms with Gasteiger partial charge in [-0.2, -0.15) is 4.98 Å². The van der Waals surface area contributed by atoms with Gasteiger partial charge in [0.25, 0.3) is 17.5 Å². The molecule has 2 heterocycles. The van der Waals surface area contributed by atoms with E-state index in [1.165, 1.54) is 17.4 Å². The van der Waals surface area contributed by atoms with Crippen LogP contribution in [0, 0.1) is 17.0 Å². The van der Waals surface area contributed by atoms with E-state index in [9.17, 15) is 14.9 Å². The Morgan fingerprint density at radius 2 is 2.19 bits per heavy atom. The van der Waals surface area contributed by atoms with E-state index in [1.54, 1.807) is 25.1 Å². The van der Waals surface area contributed by atoms with Crippen molar-refractivity contribution in [2.75, 3.05) is 5.32 Å². The Hall–Kier alpha value is -3.07. The van der Waals surface area contributed by atoms with Crippen molar-refractivity contribution >= 4 is 28.6 Å². The summed E-state index contributed by atoms with van der Waals surface area (Å²) in [6, 6.07) is 6.12. The fourth-order valence-corrected chi connectivity index (χ4v) is 3.32. The molecular formula is C17H14N4O4S. The number of anilines is 1. The van der Waals surface area contributed by atoms with Crippen molar-refractivity contribution < 1.29 is 14.2 Å². The van der Waals surface area contributed by atoms with Gasteiger partial charge in [-0.25, -0.2) is 0 Å². The standard InChI is InChI=1S/C17H14N4O4S/c1-9-2-3-11(8-13(9)21(23)24)16(22)18-12-6-7-26-14(12)17-19-15(20-25-17)10-4-5-10/h2-3,6-8,10H,4-5H2,1H3,(H,18,22). The fourth-order valence-electron chi connectivity index (χ4n) is 2.55. The van der Waals surface area contributed by atoms with E-state index in [0.717, 1.165) is 12.8 Å². The molecule has 1 aromatic carbocycles. The number of amides is 1. The van der Waals surface area contributed by atoms with Gasteiger partial charge in [0, 0.05) is 23.1 Å². The van der Waals surface area contributed by atoms with E-state index in [-0.39, 0.29) is 11.3 Å². The highest BCUT2D eigenvalue weighted by Gasteiger charge is 2.29. The molecule has 0 atom stereocenters. The summed E-state index contributed by atoms with van der Waals surface area (Å²) in [7, 11) is 0. The zero-order valence-corrected chi connectivity index (χ0v) is 14.6. The third-order valence-electron chi connectivity index (χ3n) is 4.16. The second kappa shape index (κ2) is 6.34. The molecule has 1 N–H and O–H groups in total. The lowest BCUT2D eigenvalue weighted by Crippen LogP contribution is -2.12. The number of benzene rings is 1. The lowest BCUT2D eigenvalue weighted by Gasteiger charge is -2.05. The van der Waals surface area contributed by atoms with Gasteiger partial charge in [0.1, 0.15) is 4.88 Å². The van der Waals surface area contributed by atoms with Gasteiger partial charge in [-0.1, -0.05) is 11.2 Å². The number of aryl methyl sites for hydroxylation is 1. The molecule has 4 rings (SSSR count). The number of nitrogens with one attached hydrogen (secondary N) is 1. The monoisotopic (exact) mass is 370 g/mol. The van der Waals surface area contributed by atoms with Crippen molar-refractivity contribution in [1.29, 1.82) is 0 Å². The van der Waals surface area contributed by atoms with Crippen LogP contribution in [0.15, 0.2) is 34.2 Å². The molecule has 1 aliphatic carbocycles. The van der Waals surface area contributed by atoms with Crippen molar-refractivity contribution in [1.82, 2.24) is 10.1 Å². The predicted molar refractivity (Wildman–Crippen MR) is 95.4 cm³/mol. The number of carbonyl (C=O) groups excluding carboxylic acids is 1. The maximum Gasteiger partial charge on any atom is 0.273 e. The number of nitrogens with zero attached hydrogens (tertiary/aromatic N) is 3. The van der Waals surface area contributed by atoms with Crippen LogP contribution in [0.2, 0.25) is 0 Å². The van der Waals surface area contributed by atoms with E-state index in [2.05, 4.69) is 15.5 Å². The summed E-state index contributed by atoms with van der Waals surface area (Å²) in [6.07, 6.45) is 2.14. The molecule has 3 aromatic rings. The number of hydrogen-bond donors (Lipinski definition) is 1. The van der Waals surface area contributed by atoms with Gasteiger partial charge in [-0.15, -0.1) is 11.3 Å². The quantitative estimate of drug-likeness (QED) is 0.533. The number of carbonyl (C=O) groups is 1. The van der Waals surface area contributed by atoms with Gasteiger partial charge in [0.05, 0.1) is 10.6 Å². The Balaban J connectivity index is 1.58. The summed E-state index contributed by atoms with van der Waals surface area (Å²) in [6.45, 7) is 1.63. The smallest absolute Gasteiger partial charge is 0.273 e. The molecule has 1 fully saturated rings. The Kier molecular flexibility index (Phi) is 4.00. The largest absolute Gasteiger partial charge is 0.333 e. The summed E-state index contributed by atoms with van der Waals surface area (Å²) in [5.41, 5.74) is 1.16. The summed E-state index contributed by atoms with van der Waals surface area (Å²) in [4.78, 5) is 28.1. The molecular weight excluding hydrogens is 356 g/mol. The van der Waals surface area contributed by atoms with Crippen LogP contribution in [0.3, 0.4) is 0 Å². The number of rotatable bonds is 5. The van der Waals surface area contributed by atoms with Crippen LogP contribution in [0.25, 0.3) is 10.8 Å². The minimum Gasteiger partial charge on any atom is -0.333 e. The molecule has 2 aromatic heterocycles. The number of nitro benzene ring substituents is 1. The first-order valence-corrected chi connectivity index (χ1v) is 8.89. The van der Waals surface area contributed by atoms with Crippen LogP contribution in [0.1, 0.15) is 40.5 Å². The molecule has 0 bridgehead atoms. The maximum absolute atomic E-state index is 12.5. The minimum absolute atomic E-state index is 0.0887. The molecule has 0 spiro atoms. The molecule has 9 heteroatoms. The Bertz CT molecular complexity index is 1010. The number of nitro groups is 1. The third kappa shape index (κ3) is 3.08. The topological polar surface area (TPSA) is 111 Å². The van der Waals surface area contributed by atoms with Crippen LogP contribution in [0.4, 0.5) is 11.4 Å². The van der Waals surface area contributed by atoms with Crippen molar-refractivity contribution in [2.45, 2.75) is 25.7 Å². The highest BCUT2D eigenvalue weighted by Crippen LogP contribution is 2.40. The van der Waals surface area contributed by atoms with Gasteiger partial charge in [0.2, 0.25) is 0 Å². The average Bonchev–Trinajstić information content (AvgIpc) is 3.16. The molecule has 8 nitrogen and oxygen atoms in total. The van der Waals surface area contributed by atoms with Gasteiger partial charge < -0.3 is 9.84 Å². The van der Waals surface area contributed by atoms with Gasteiger partial charge in [-0.05, 0) is 37.3 Å². The minimum atomic E-state index is -0.500. The first-order valence-electron chi connectivity index (χ1n) is 8.01. The van der Waals surface area contributed by atoms with Gasteiger partial charge in [0.15, 0.2) is 5.82 Å². The van der Waals surface area contributed by atoms with Crippen LogP contribution in [0.5, 0.6) is 0 Å². The van der Waals surface area contributed by atoms with Crippen LogP contribution in [-0.4, -0.2) is 21.0 Å². The molecule has 0 saturated heterocycles. The SMILES string of the molecule is Cc1ccc(C(=O)Nc2ccsc2-c2nc(C3CC3)no2)cc1[N+](=O)[O-]. The molecule has 132 valence electrons. The zero-order valence-electron chi connectivity index (χ0n) is 13.8. The van der Waals surface area contributed by atoms with E-state index in [1.807, 2.05) is 5.38 Å². The summed E-state index contributed by atoms with van der Waals surface area (Å²) < 4.78 is 5.31. The summed E-state index contributed by atoms with van der Waals surface area (Å²) in [5, 5.41) is 19.6. The molecule has 0 radical (unpaired) electrons. The Morgan fingerprint density at radius 1 is 1.38 bits per heavy atom. The first kappa shape index (κ1) is 16.4. The summed E-state index contributed by atoms with van der Waals surface area (Å²) in [5.74, 6) is 1.00. The fraction of sp³-hybridized carbons (Fsp3) is 0.235. The van der Waals surface area contributed by atoms with Crippen LogP contribution >= 0.6 is 11.3 Å². The van der Waals surface area contributed by atoms with Crippen LogP contribution < -0.4 is 5.32 Å². The lowest BCUT2D eigenvalue weighted by molar-refractivity contribution is -0.385. The van der Waals surface area contributed by atoms with Gasteiger partial charge in [-0.3, -0.25) is 14.9 Å². The molecule has 0 aliphatic heterocycles. The first-order chi connectivity index (χ1) is 12.5. The normalized spacial score (nSPS) is 13.6. The molecule has 0 unspecified atom stereocenters. The highest BCUT2D eigenvalue weighted by atomic mass is 32.1. The number of hydrogen-bond acceptors (Lipinski definition) is 7. The number of aromatic nitrogens is 2. The average molecular weight is 370 g/mol. The number of thiophene rings is 1. The maximum atomic E-state index is 12.5. The highest BCUT2D eigenvalue weighted by molar-refractivity contribution is 7.14. The van der Waals surface area contributed by atoms with Crippen molar-refractivity contribution in [2.24, 2.45) is 0 Å². The van der Waals surface area contributed by atoms with E-state index >= 15 is 0 Å². The molecule has 1 saturated carbocycles. The predicted octanol–water partition coefficient (Wildman–Crippen LogP) is 4.14. The lowest BCUT2D eigenvalue weighted by atomic mass is 10.1.